The van der Waals surface area contributed by atoms with Crippen LogP contribution in [-0.4, -0.2) is 35.6 Å². The Morgan fingerprint density at radius 3 is 2.80 bits per heavy atom. The largest absolute Gasteiger partial charge is 0.493 e. The summed E-state index contributed by atoms with van der Waals surface area (Å²) in [7, 11) is -1.68. The van der Waals surface area contributed by atoms with Crippen LogP contribution in [0.5, 0.6) is 5.75 Å². The minimum absolute atomic E-state index is 0.152. The van der Waals surface area contributed by atoms with Gasteiger partial charge in [-0.2, -0.15) is 0 Å². The molecule has 1 aromatic heterocycles. The van der Waals surface area contributed by atoms with Crippen LogP contribution in [0.1, 0.15) is 36.0 Å². The third-order valence-corrected chi connectivity index (χ3v) is 6.38. The molecule has 2 aromatic carbocycles. The molecule has 0 radical (unpaired) electrons. The molecule has 7 heteroatoms. The van der Waals surface area contributed by atoms with E-state index in [1.807, 2.05) is 36.4 Å². The number of furan rings is 1. The van der Waals surface area contributed by atoms with Crippen molar-refractivity contribution in [3.63, 3.8) is 0 Å². The predicted octanol–water partition coefficient (Wildman–Crippen LogP) is 2.53. The zero-order chi connectivity index (χ0) is 20.7. The van der Waals surface area contributed by atoms with Gasteiger partial charge in [-0.25, -0.2) is 0 Å². The highest BCUT2D eigenvalue weighted by Crippen LogP contribution is 2.55. The average molecular weight is 405 g/mol. The summed E-state index contributed by atoms with van der Waals surface area (Å²) in [6.07, 6.45) is 5.50. The Balaban J connectivity index is 1.27. The Hall–Kier alpha value is -2.77. The normalized spacial score (nSPS) is 17.3. The van der Waals surface area contributed by atoms with Gasteiger partial charge in [0.05, 0.1) is 25.2 Å². The summed E-state index contributed by atoms with van der Waals surface area (Å²) in [6.45, 7) is 0.722. The van der Waals surface area contributed by atoms with Gasteiger partial charge in [0.15, 0.2) is 0 Å². The first kappa shape index (κ1) is 19.2. The van der Waals surface area contributed by atoms with Crippen LogP contribution >= 0.6 is 0 Å². The number of benzene rings is 2. The standard InChI is InChI=1S/C23H24BNO5/c26-22(12-15-5-6-18-20(11-15)29-10-9-23(18)7-8-23)25-21(24(27)28)13-16-14-30-19-4-2-1-3-17(16)19/h1-6,11,14,21,27-28H,7-10,12-13H2,(H,25,26)/t21-/m0/s1. The zero-order valence-corrected chi connectivity index (χ0v) is 16.6. The maximum atomic E-state index is 12.6. The minimum Gasteiger partial charge on any atom is -0.493 e. The lowest BCUT2D eigenvalue weighted by atomic mass is 9.75. The first-order valence-electron chi connectivity index (χ1n) is 10.4. The average Bonchev–Trinajstić information content (AvgIpc) is 3.38. The maximum Gasteiger partial charge on any atom is 0.475 e. The van der Waals surface area contributed by atoms with Gasteiger partial charge in [0.1, 0.15) is 11.3 Å². The van der Waals surface area contributed by atoms with E-state index in [-0.39, 0.29) is 18.7 Å². The molecule has 0 saturated heterocycles. The number of hydrogen-bond donors (Lipinski definition) is 3. The number of rotatable bonds is 6. The molecule has 5 rings (SSSR count). The van der Waals surface area contributed by atoms with Crippen molar-refractivity contribution < 1.29 is 24.0 Å². The van der Waals surface area contributed by atoms with E-state index in [1.54, 1.807) is 6.26 Å². The van der Waals surface area contributed by atoms with Crippen molar-refractivity contribution in [3.8, 4) is 5.75 Å². The number of ether oxygens (including phenoxy) is 1. The lowest BCUT2D eigenvalue weighted by Gasteiger charge is -2.26. The Bertz CT molecular complexity index is 1090. The van der Waals surface area contributed by atoms with Crippen molar-refractivity contribution in [2.24, 2.45) is 0 Å². The van der Waals surface area contributed by atoms with Crippen LogP contribution < -0.4 is 10.1 Å². The van der Waals surface area contributed by atoms with Gasteiger partial charge >= 0.3 is 7.12 Å². The first-order chi connectivity index (χ1) is 14.5. The van der Waals surface area contributed by atoms with Gasteiger partial charge < -0.3 is 24.5 Å². The van der Waals surface area contributed by atoms with Crippen molar-refractivity contribution in [3.05, 3.63) is 65.4 Å². The molecule has 0 bridgehead atoms. The van der Waals surface area contributed by atoms with Gasteiger partial charge in [-0.05, 0) is 48.9 Å². The van der Waals surface area contributed by atoms with Crippen LogP contribution in [0.2, 0.25) is 0 Å². The van der Waals surface area contributed by atoms with E-state index in [2.05, 4.69) is 11.4 Å². The molecule has 1 spiro atoms. The monoisotopic (exact) mass is 405 g/mol. The highest BCUT2D eigenvalue weighted by molar-refractivity contribution is 6.43. The Morgan fingerprint density at radius 2 is 2.00 bits per heavy atom. The molecule has 30 heavy (non-hydrogen) atoms. The number of fused-ring (bicyclic) bond motifs is 3. The second-order valence-electron chi connectivity index (χ2n) is 8.43. The van der Waals surface area contributed by atoms with E-state index in [4.69, 9.17) is 9.15 Å². The predicted molar refractivity (Wildman–Crippen MR) is 113 cm³/mol. The molecule has 2 aliphatic rings. The number of carbonyl (C=O) groups excluding carboxylic acids is 1. The van der Waals surface area contributed by atoms with Gasteiger partial charge in [-0.3, -0.25) is 4.79 Å². The van der Waals surface area contributed by atoms with Crippen LogP contribution in [-0.2, 0) is 23.1 Å². The summed E-state index contributed by atoms with van der Waals surface area (Å²) in [5, 5.41) is 23.3. The third kappa shape index (κ3) is 3.59. The smallest absolute Gasteiger partial charge is 0.475 e. The summed E-state index contributed by atoms with van der Waals surface area (Å²) in [6, 6.07) is 13.5. The summed E-state index contributed by atoms with van der Waals surface area (Å²) < 4.78 is 11.3. The summed E-state index contributed by atoms with van der Waals surface area (Å²) in [5.41, 5.74) is 3.96. The van der Waals surface area contributed by atoms with Crippen molar-refractivity contribution in [2.75, 3.05) is 6.61 Å². The minimum atomic E-state index is -1.68. The van der Waals surface area contributed by atoms with Crippen LogP contribution in [0, 0.1) is 0 Å². The summed E-state index contributed by atoms with van der Waals surface area (Å²) >= 11 is 0. The van der Waals surface area contributed by atoms with Crippen LogP contribution in [0.3, 0.4) is 0 Å². The highest BCUT2D eigenvalue weighted by Gasteiger charge is 2.47. The number of amides is 1. The summed E-state index contributed by atoms with van der Waals surface area (Å²) in [4.78, 5) is 12.6. The summed E-state index contributed by atoms with van der Waals surface area (Å²) in [5.74, 6) is -0.215. The molecule has 1 atom stereocenters. The van der Waals surface area contributed by atoms with Gasteiger partial charge in [0, 0.05) is 16.4 Å². The quantitative estimate of drug-likeness (QED) is 0.549. The van der Waals surface area contributed by atoms with Crippen molar-refractivity contribution in [1.82, 2.24) is 5.32 Å². The van der Waals surface area contributed by atoms with Crippen molar-refractivity contribution in [2.45, 2.75) is 43.5 Å². The third-order valence-electron chi connectivity index (χ3n) is 6.38. The SMILES string of the molecule is O=C(Cc1ccc2c(c1)OCCC21CC1)N[C@@H](Cc1coc2ccccc12)B(O)O. The number of hydrogen-bond acceptors (Lipinski definition) is 5. The van der Waals surface area contributed by atoms with Gasteiger partial charge in [0.2, 0.25) is 5.91 Å². The molecule has 1 saturated carbocycles. The topological polar surface area (TPSA) is 91.9 Å². The van der Waals surface area contributed by atoms with Crippen molar-refractivity contribution >= 4 is 24.0 Å². The second kappa shape index (κ2) is 7.49. The molecule has 3 N–H and O–H groups in total. The van der Waals surface area contributed by atoms with Gasteiger partial charge in [0.25, 0.3) is 0 Å². The molecule has 0 unspecified atom stereocenters. The van der Waals surface area contributed by atoms with E-state index < -0.39 is 13.1 Å². The molecule has 1 aliphatic carbocycles. The highest BCUT2D eigenvalue weighted by atomic mass is 16.5. The van der Waals surface area contributed by atoms with E-state index in [0.717, 1.165) is 40.9 Å². The Morgan fingerprint density at radius 1 is 1.17 bits per heavy atom. The maximum absolute atomic E-state index is 12.6. The van der Waals surface area contributed by atoms with Crippen molar-refractivity contribution in [1.29, 1.82) is 0 Å². The Kier molecular flexibility index (Phi) is 4.80. The van der Waals surface area contributed by atoms with Crippen LogP contribution in [0.4, 0.5) is 0 Å². The molecule has 6 nitrogen and oxygen atoms in total. The molecular weight excluding hydrogens is 381 g/mol. The second-order valence-corrected chi connectivity index (χ2v) is 8.43. The van der Waals surface area contributed by atoms with Crippen LogP contribution in [0.25, 0.3) is 11.0 Å². The number of carbonyl (C=O) groups is 1. The fraction of sp³-hybridized carbons (Fsp3) is 0.348. The fourth-order valence-electron chi connectivity index (χ4n) is 4.50. The number of nitrogens with one attached hydrogen (secondary N) is 1. The van der Waals surface area contributed by atoms with E-state index in [9.17, 15) is 14.8 Å². The van der Waals surface area contributed by atoms with E-state index in [0.29, 0.717) is 5.41 Å². The Labute approximate surface area is 175 Å². The van der Waals surface area contributed by atoms with Gasteiger partial charge in [-0.15, -0.1) is 0 Å². The molecule has 1 fully saturated rings. The zero-order valence-electron chi connectivity index (χ0n) is 16.6. The molecule has 154 valence electrons. The lowest BCUT2D eigenvalue weighted by Crippen LogP contribution is -2.48. The molecule has 3 aromatic rings. The van der Waals surface area contributed by atoms with Crippen LogP contribution in [0.15, 0.2) is 53.1 Å². The molecular formula is C23H24BNO5. The molecule has 2 heterocycles. The number of para-hydroxylation sites is 1. The molecule has 1 amide bonds. The molecule has 1 aliphatic heterocycles. The fourth-order valence-corrected chi connectivity index (χ4v) is 4.50. The van der Waals surface area contributed by atoms with Gasteiger partial charge in [-0.1, -0.05) is 30.3 Å². The van der Waals surface area contributed by atoms with E-state index >= 15 is 0 Å². The van der Waals surface area contributed by atoms with E-state index in [1.165, 1.54) is 18.4 Å². The lowest BCUT2D eigenvalue weighted by molar-refractivity contribution is -0.120. The first-order valence-corrected chi connectivity index (χ1v) is 10.4.